The third-order valence-electron chi connectivity index (χ3n) is 5.13. The smallest absolute Gasteiger partial charge is 0.289 e. The van der Waals surface area contributed by atoms with E-state index < -0.39 is 0 Å². The van der Waals surface area contributed by atoms with Crippen molar-refractivity contribution < 1.29 is 18.8 Å². The molecule has 132 valence electrons. The average Bonchev–Trinajstić information content (AvgIpc) is 3.10. The minimum Gasteiger partial charge on any atom is -0.377 e. The van der Waals surface area contributed by atoms with Crippen molar-refractivity contribution in [1.82, 2.24) is 15.4 Å². The molecule has 7 heteroatoms. The van der Waals surface area contributed by atoms with Gasteiger partial charge in [0.25, 0.3) is 5.91 Å². The topological polar surface area (TPSA) is 76.8 Å². The first kappa shape index (κ1) is 16.1. The number of rotatable bonds is 5. The normalized spacial score (nSPS) is 31.2. The lowest BCUT2D eigenvalue weighted by Gasteiger charge is -2.32. The van der Waals surface area contributed by atoms with Crippen LogP contribution in [0.1, 0.15) is 36.2 Å². The third kappa shape index (κ3) is 3.79. The van der Waals surface area contributed by atoms with Crippen molar-refractivity contribution in [3.05, 3.63) is 18.0 Å². The van der Waals surface area contributed by atoms with Crippen LogP contribution in [0.15, 0.2) is 16.8 Å². The minimum absolute atomic E-state index is 0.0290. The van der Waals surface area contributed by atoms with Crippen LogP contribution in [-0.4, -0.2) is 67.1 Å². The molecule has 3 aliphatic rings. The quantitative estimate of drug-likeness (QED) is 0.867. The highest BCUT2D eigenvalue weighted by Gasteiger charge is 2.43. The van der Waals surface area contributed by atoms with Crippen LogP contribution in [-0.2, 0) is 9.47 Å². The molecular weight excluding hydrogens is 310 g/mol. The zero-order valence-corrected chi connectivity index (χ0v) is 13.9. The van der Waals surface area contributed by atoms with E-state index in [1.807, 2.05) is 0 Å². The van der Waals surface area contributed by atoms with Gasteiger partial charge in [-0.2, -0.15) is 0 Å². The van der Waals surface area contributed by atoms with Gasteiger partial charge in [-0.3, -0.25) is 9.69 Å². The molecule has 2 atom stereocenters. The number of aromatic nitrogens is 1. The summed E-state index contributed by atoms with van der Waals surface area (Å²) in [5.74, 6) is 0.860. The zero-order valence-electron chi connectivity index (χ0n) is 13.9. The lowest BCUT2D eigenvalue weighted by atomic mass is 10.00. The Morgan fingerprint density at radius 2 is 2.33 bits per heavy atom. The van der Waals surface area contributed by atoms with Crippen LogP contribution in [0.25, 0.3) is 0 Å². The molecule has 4 rings (SSSR count). The number of nitrogens with one attached hydrogen (secondary N) is 1. The Morgan fingerprint density at radius 1 is 1.42 bits per heavy atom. The van der Waals surface area contributed by atoms with Crippen LogP contribution in [0.4, 0.5) is 0 Å². The molecule has 0 bridgehead atoms. The fraction of sp³-hybridized carbons (Fsp3) is 0.765. The fourth-order valence-corrected chi connectivity index (χ4v) is 3.69. The summed E-state index contributed by atoms with van der Waals surface area (Å²) in [5.41, 5.74) is -0.215. The Labute approximate surface area is 141 Å². The van der Waals surface area contributed by atoms with Gasteiger partial charge in [0.05, 0.1) is 25.5 Å². The SMILES string of the molecule is O=C(NC[C@@H]1CC[C@@]2(COCCN(CC3CC3)C2)O1)c1ccno1. The lowest BCUT2D eigenvalue weighted by molar-refractivity contribution is -0.0846. The number of ether oxygens (including phenoxy) is 2. The summed E-state index contributed by atoms with van der Waals surface area (Å²) < 4.78 is 17.0. The van der Waals surface area contributed by atoms with E-state index in [1.54, 1.807) is 6.07 Å². The number of carbonyl (C=O) groups is 1. The predicted molar refractivity (Wildman–Crippen MR) is 85.7 cm³/mol. The summed E-state index contributed by atoms with van der Waals surface area (Å²) in [6, 6.07) is 1.56. The Bertz CT molecular complexity index is 560. The molecule has 3 heterocycles. The van der Waals surface area contributed by atoms with Gasteiger partial charge in [0.15, 0.2) is 0 Å². The van der Waals surface area contributed by atoms with E-state index in [-0.39, 0.29) is 23.4 Å². The van der Waals surface area contributed by atoms with Crippen LogP contribution in [0.2, 0.25) is 0 Å². The van der Waals surface area contributed by atoms with E-state index in [0.29, 0.717) is 13.2 Å². The van der Waals surface area contributed by atoms with E-state index in [0.717, 1.165) is 38.5 Å². The standard InChI is InChI=1S/C17H25N3O4/c21-16(15-4-6-19-24-15)18-9-14-3-5-17(23-14)11-20(7-8-22-12-17)10-13-1-2-13/h4,6,13-14H,1-3,5,7-12H2,(H,18,21)/t14-,17+/m0/s1. The maximum Gasteiger partial charge on any atom is 0.289 e. The van der Waals surface area contributed by atoms with Crippen molar-refractivity contribution in [3.8, 4) is 0 Å². The summed E-state index contributed by atoms with van der Waals surface area (Å²) >= 11 is 0. The van der Waals surface area contributed by atoms with E-state index >= 15 is 0 Å². The monoisotopic (exact) mass is 335 g/mol. The van der Waals surface area contributed by atoms with Gasteiger partial charge in [-0.25, -0.2) is 0 Å². The second-order valence-electron chi connectivity index (χ2n) is 7.28. The highest BCUT2D eigenvalue weighted by Crippen LogP contribution is 2.35. The van der Waals surface area contributed by atoms with Gasteiger partial charge in [-0.15, -0.1) is 0 Å². The first-order valence-corrected chi connectivity index (χ1v) is 8.89. The lowest BCUT2D eigenvalue weighted by Crippen LogP contribution is -2.46. The van der Waals surface area contributed by atoms with Crippen molar-refractivity contribution in [2.75, 3.05) is 39.4 Å². The van der Waals surface area contributed by atoms with Crippen LogP contribution < -0.4 is 5.32 Å². The van der Waals surface area contributed by atoms with Crippen molar-refractivity contribution in [1.29, 1.82) is 0 Å². The molecule has 7 nitrogen and oxygen atoms in total. The molecule has 1 amide bonds. The molecule has 24 heavy (non-hydrogen) atoms. The van der Waals surface area contributed by atoms with Gasteiger partial charge in [0.2, 0.25) is 5.76 Å². The Kier molecular flexibility index (Phi) is 4.56. The molecular formula is C17H25N3O4. The van der Waals surface area contributed by atoms with E-state index in [4.69, 9.17) is 14.0 Å². The van der Waals surface area contributed by atoms with Crippen LogP contribution in [0.5, 0.6) is 0 Å². The van der Waals surface area contributed by atoms with Gasteiger partial charge < -0.3 is 19.3 Å². The number of hydrogen-bond acceptors (Lipinski definition) is 6. The second kappa shape index (κ2) is 6.82. The third-order valence-corrected chi connectivity index (χ3v) is 5.13. The molecule has 3 fully saturated rings. The van der Waals surface area contributed by atoms with Gasteiger partial charge in [-0.1, -0.05) is 5.16 Å². The van der Waals surface area contributed by atoms with Crippen molar-refractivity contribution in [2.45, 2.75) is 37.4 Å². The molecule has 1 saturated carbocycles. The van der Waals surface area contributed by atoms with Gasteiger partial charge >= 0.3 is 0 Å². The molecule has 1 aromatic rings. The number of hydrogen-bond donors (Lipinski definition) is 1. The van der Waals surface area contributed by atoms with Crippen molar-refractivity contribution in [3.63, 3.8) is 0 Å². The first-order chi connectivity index (χ1) is 11.7. The van der Waals surface area contributed by atoms with E-state index in [1.165, 1.54) is 25.6 Å². The largest absolute Gasteiger partial charge is 0.377 e. The minimum atomic E-state index is -0.246. The molecule has 0 aromatic carbocycles. The fourth-order valence-electron chi connectivity index (χ4n) is 3.69. The van der Waals surface area contributed by atoms with Crippen LogP contribution >= 0.6 is 0 Å². The maximum absolute atomic E-state index is 11.9. The van der Waals surface area contributed by atoms with Crippen LogP contribution in [0.3, 0.4) is 0 Å². The number of carbonyl (C=O) groups excluding carboxylic acids is 1. The molecule has 2 aliphatic heterocycles. The van der Waals surface area contributed by atoms with Gasteiger partial charge in [-0.05, 0) is 31.6 Å². The number of amides is 1. The Balaban J connectivity index is 1.30. The average molecular weight is 335 g/mol. The first-order valence-electron chi connectivity index (χ1n) is 8.89. The Hall–Kier alpha value is -1.44. The van der Waals surface area contributed by atoms with Crippen molar-refractivity contribution >= 4 is 5.91 Å². The maximum atomic E-state index is 11.9. The molecule has 0 radical (unpaired) electrons. The van der Waals surface area contributed by atoms with Crippen LogP contribution in [0, 0.1) is 5.92 Å². The summed E-state index contributed by atoms with van der Waals surface area (Å²) in [6.07, 6.45) is 6.14. The molecule has 1 aliphatic carbocycles. The van der Waals surface area contributed by atoms with Gasteiger partial charge in [0, 0.05) is 32.2 Å². The summed E-state index contributed by atoms with van der Waals surface area (Å²) in [5, 5.41) is 6.42. The van der Waals surface area contributed by atoms with E-state index in [2.05, 4.69) is 15.4 Å². The highest BCUT2D eigenvalue weighted by molar-refractivity contribution is 5.91. The number of nitrogens with zero attached hydrogens (tertiary/aromatic N) is 2. The zero-order chi connectivity index (χ0) is 16.4. The molecule has 1 aromatic heterocycles. The molecule has 1 spiro atoms. The second-order valence-corrected chi connectivity index (χ2v) is 7.28. The van der Waals surface area contributed by atoms with Gasteiger partial charge in [0.1, 0.15) is 5.60 Å². The summed E-state index contributed by atoms with van der Waals surface area (Å²) in [6.45, 7) is 5.03. The summed E-state index contributed by atoms with van der Waals surface area (Å²) in [7, 11) is 0. The predicted octanol–water partition coefficient (Wildman–Crippen LogP) is 1.06. The molecule has 1 N–H and O–H groups in total. The molecule has 2 saturated heterocycles. The summed E-state index contributed by atoms with van der Waals surface area (Å²) in [4.78, 5) is 14.4. The molecule has 0 unspecified atom stereocenters. The van der Waals surface area contributed by atoms with Crippen molar-refractivity contribution in [2.24, 2.45) is 5.92 Å². The Morgan fingerprint density at radius 3 is 3.12 bits per heavy atom. The highest BCUT2D eigenvalue weighted by atomic mass is 16.6. The van der Waals surface area contributed by atoms with E-state index in [9.17, 15) is 4.79 Å².